The molecule has 0 aliphatic rings. The van der Waals surface area contributed by atoms with Crippen molar-refractivity contribution in [2.75, 3.05) is 6.54 Å². The van der Waals surface area contributed by atoms with Crippen LogP contribution >= 0.6 is 34.2 Å². The Morgan fingerprint density at radius 1 is 1.37 bits per heavy atom. The van der Waals surface area contributed by atoms with Gasteiger partial charge in [0.25, 0.3) is 0 Å². The molecular formula is C14H17ClIN3. The Hall–Kier alpha value is -0.590. The quantitative estimate of drug-likeness (QED) is 0.787. The number of halogens is 2. The van der Waals surface area contributed by atoms with E-state index in [1.54, 1.807) is 0 Å². The smallest absolute Gasteiger partial charge is 0.0758 e. The summed E-state index contributed by atoms with van der Waals surface area (Å²) in [6.07, 6.45) is 1.85. The van der Waals surface area contributed by atoms with E-state index in [-0.39, 0.29) is 6.04 Å². The fourth-order valence-electron chi connectivity index (χ4n) is 2.17. The van der Waals surface area contributed by atoms with Crippen molar-refractivity contribution >= 4 is 34.2 Å². The molecule has 1 aromatic carbocycles. The number of aryl methyl sites for hydroxylation is 1. The maximum atomic E-state index is 6.14. The highest BCUT2D eigenvalue weighted by Crippen LogP contribution is 2.28. The number of hydrogen-bond acceptors (Lipinski definition) is 2. The van der Waals surface area contributed by atoms with Crippen LogP contribution in [-0.2, 0) is 6.54 Å². The van der Waals surface area contributed by atoms with Crippen LogP contribution in [0.3, 0.4) is 0 Å². The predicted molar refractivity (Wildman–Crippen MR) is 87.6 cm³/mol. The van der Waals surface area contributed by atoms with Gasteiger partial charge in [-0.15, -0.1) is 0 Å². The van der Waals surface area contributed by atoms with Crippen molar-refractivity contribution in [2.45, 2.75) is 26.4 Å². The van der Waals surface area contributed by atoms with Crippen LogP contribution in [0.15, 0.2) is 30.5 Å². The van der Waals surface area contributed by atoms with Crippen LogP contribution in [0.2, 0.25) is 5.02 Å². The largest absolute Gasteiger partial charge is 0.305 e. The molecular weight excluding hydrogens is 373 g/mol. The van der Waals surface area contributed by atoms with Gasteiger partial charge >= 0.3 is 0 Å². The average molecular weight is 390 g/mol. The molecule has 0 fully saturated rings. The molecule has 0 aliphatic heterocycles. The van der Waals surface area contributed by atoms with Gasteiger partial charge in [0.2, 0.25) is 0 Å². The monoisotopic (exact) mass is 389 g/mol. The summed E-state index contributed by atoms with van der Waals surface area (Å²) in [6, 6.07) is 8.19. The summed E-state index contributed by atoms with van der Waals surface area (Å²) in [7, 11) is 0. The summed E-state index contributed by atoms with van der Waals surface area (Å²) >= 11 is 8.49. The van der Waals surface area contributed by atoms with Crippen LogP contribution in [0.5, 0.6) is 0 Å². The third-order valence-electron chi connectivity index (χ3n) is 3.02. The first kappa shape index (κ1) is 14.8. The minimum atomic E-state index is 0.123. The van der Waals surface area contributed by atoms with E-state index < -0.39 is 0 Å². The molecule has 1 atom stereocenters. The molecule has 0 spiro atoms. The molecule has 1 heterocycles. The van der Waals surface area contributed by atoms with Crippen molar-refractivity contribution in [3.63, 3.8) is 0 Å². The predicted octanol–water partition coefficient (Wildman–Crippen LogP) is 3.86. The molecule has 5 heteroatoms. The van der Waals surface area contributed by atoms with E-state index in [0.717, 1.165) is 18.1 Å². The zero-order valence-electron chi connectivity index (χ0n) is 11.0. The molecule has 0 bridgehead atoms. The van der Waals surface area contributed by atoms with Crippen LogP contribution in [0.25, 0.3) is 0 Å². The van der Waals surface area contributed by atoms with Crippen molar-refractivity contribution in [1.29, 1.82) is 0 Å². The first-order valence-corrected chi connectivity index (χ1v) is 7.83. The van der Waals surface area contributed by atoms with Crippen LogP contribution in [0, 0.1) is 3.57 Å². The topological polar surface area (TPSA) is 29.9 Å². The van der Waals surface area contributed by atoms with E-state index in [1.807, 2.05) is 23.0 Å². The number of nitrogens with one attached hydrogen (secondary N) is 1. The lowest BCUT2D eigenvalue weighted by molar-refractivity contribution is 0.541. The van der Waals surface area contributed by atoms with Crippen molar-refractivity contribution < 1.29 is 0 Å². The highest BCUT2D eigenvalue weighted by molar-refractivity contribution is 14.1. The molecule has 3 nitrogen and oxygen atoms in total. The fourth-order valence-corrected chi connectivity index (χ4v) is 2.99. The average Bonchev–Trinajstić information content (AvgIpc) is 2.87. The second kappa shape index (κ2) is 6.72. The maximum absolute atomic E-state index is 6.14. The molecule has 19 heavy (non-hydrogen) atoms. The van der Waals surface area contributed by atoms with Crippen molar-refractivity contribution in [1.82, 2.24) is 15.1 Å². The molecule has 0 saturated carbocycles. The number of rotatable bonds is 5. The molecule has 102 valence electrons. The zero-order valence-corrected chi connectivity index (χ0v) is 13.9. The molecule has 2 aromatic rings. The molecule has 0 saturated heterocycles. The number of benzene rings is 1. The van der Waals surface area contributed by atoms with Gasteiger partial charge in [-0.2, -0.15) is 5.10 Å². The van der Waals surface area contributed by atoms with Gasteiger partial charge in [-0.25, -0.2) is 0 Å². The molecule has 0 amide bonds. The zero-order chi connectivity index (χ0) is 13.8. The van der Waals surface area contributed by atoms with E-state index >= 15 is 0 Å². The summed E-state index contributed by atoms with van der Waals surface area (Å²) in [5.41, 5.74) is 2.37. The van der Waals surface area contributed by atoms with Crippen molar-refractivity contribution in [3.8, 4) is 0 Å². The lowest BCUT2D eigenvalue weighted by Crippen LogP contribution is -2.25. The van der Waals surface area contributed by atoms with Crippen LogP contribution in [-0.4, -0.2) is 16.3 Å². The van der Waals surface area contributed by atoms with E-state index in [1.165, 1.54) is 14.8 Å². The molecule has 0 aliphatic carbocycles. The Morgan fingerprint density at radius 2 is 2.16 bits per heavy atom. The lowest BCUT2D eigenvalue weighted by Gasteiger charge is -2.21. The number of nitrogens with zero attached hydrogens (tertiary/aromatic N) is 2. The Kier molecular flexibility index (Phi) is 5.24. The highest BCUT2D eigenvalue weighted by atomic mass is 127. The van der Waals surface area contributed by atoms with Gasteiger partial charge in [0, 0.05) is 21.3 Å². The Labute approximate surface area is 132 Å². The molecule has 1 N–H and O–H groups in total. The molecule has 2 rings (SSSR count). The summed E-state index contributed by atoms with van der Waals surface area (Å²) in [5.74, 6) is 0. The standard InChI is InChI=1S/C14H17ClIN3/c1-3-17-14(13-7-8-18-19(13)4-2)11-9-10(15)5-6-12(11)16/h5-9,14,17H,3-4H2,1-2H3. The van der Waals surface area contributed by atoms with E-state index in [0.29, 0.717) is 0 Å². The first-order valence-electron chi connectivity index (χ1n) is 6.37. The van der Waals surface area contributed by atoms with Crippen LogP contribution in [0.4, 0.5) is 0 Å². The normalized spacial score (nSPS) is 12.6. The van der Waals surface area contributed by atoms with Gasteiger partial charge in [-0.05, 0) is 65.9 Å². The van der Waals surface area contributed by atoms with Gasteiger partial charge in [0.05, 0.1) is 11.7 Å². The van der Waals surface area contributed by atoms with Crippen LogP contribution in [0.1, 0.15) is 31.1 Å². The third-order valence-corrected chi connectivity index (χ3v) is 4.24. The fraction of sp³-hybridized carbons (Fsp3) is 0.357. The van der Waals surface area contributed by atoms with E-state index in [9.17, 15) is 0 Å². The van der Waals surface area contributed by atoms with Crippen molar-refractivity contribution in [3.05, 3.63) is 50.3 Å². The van der Waals surface area contributed by atoms with Gasteiger partial charge < -0.3 is 5.32 Å². The molecule has 1 unspecified atom stereocenters. The minimum Gasteiger partial charge on any atom is -0.305 e. The first-order chi connectivity index (χ1) is 9.17. The Balaban J connectivity index is 2.48. The minimum absolute atomic E-state index is 0.123. The molecule has 0 radical (unpaired) electrons. The SMILES string of the molecule is CCNC(c1cc(Cl)ccc1I)c1ccnn1CC. The summed E-state index contributed by atoms with van der Waals surface area (Å²) in [6.45, 7) is 5.96. The maximum Gasteiger partial charge on any atom is 0.0758 e. The highest BCUT2D eigenvalue weighted by Gasteiger charge is 2.19. The van der Waals surface area contributed by atoms with Gasteiger partial charge in [0.1, 0.15) is 0 Å². The number of hydrogen-bond donors (Lipinski definition) is 1. The van der Waals surface area contributed by atoms with Gasteiger partial charge in [-0.3, -0.25) is 4.68 Å². The van der Waals surface area contributed by atoms with E-state index in [4.69, 9.17) is 11.6 Å². The van der Waals surface area contributed by atoms with Crippen molar-refractivity contribution in [2.24, 2.45) is 0 Å². The Bertz CT molecular complexity index is 553. The summed E-state index contributed by atoms with van der Waals surface area (Å²) < 4.78 is 3.22. The second-order valence-corrected chi connectivity index (χ2v) is 5.83. The third kappa shape index (κ3) is 3.30. The summed E-state index contributed by atoms with van der Waals surface area (Å²) in [4.78, 5) is 0. The lowest BCUT2D eigenvalue weighted by atomic mass is 10.0. The number of aromatic nitrogens is 2. The van der Waals surface area contributed by atoms with E-state index in [2.05, 4.69) is 59.0 Å². The Morgan fingerprint density at radius 3 is 2.84 bits per heavy atom. The molecule has 1 aromatic heterocycles. The second-order valence-electron chi connectivity index (χ2n) is 4.23. The summed E-state index contributed by atoms with van der Waals surface area (Å²) in [5, 5.41) is 8.64. The van der Waals surface area contributed by atoms with Crippen LogP contribution < -0.4 is 5.32 Å². The van der Waals surface area contributed by atoms with Gasteiger partial charge in [-0.1, -0.05) is 18.5 Å². The van der Waals surface area contributed by atoms with Gasteiger partial charge in [0.15, 0.2) is 0 Å².